The standard InChI is InChI=1S/C16H25BrO2/c1-3-16(14-17,15-8-5-4-6-9-15)10-7-11-19-13-12-18-2/h4-6,8-9H,3,7,10-14H2,1-2H3. The fourth-order valence-electron chi connectivity index (χ4n) is 2.31. The van der Waals surface area contributed by atoms with E-state index < -0.39 is 0 Å². The lowest BCUT2D eigenvalue weighted by Gasteiger charge is -2.31. The van der Waals surface area contributed by atoms with Gasteiger partial charge in [-0.1, -0.05) is 53.2 Å². The number of alkyl halides is 1. The van der Waals surface area contributed by atoms with Gasteiger partial charge in [0.2, 0.25) is 0 Å². The summed E-state index contributed by atoms with van der Waals surface area (Å²) in [5.74, 6) is 0. The minimum absolute atomic E-state index is 0.228. The minimum Gasteiger partial charge on any atom is -0.382 e. The van der Waals surface area contributed by atoms with Gasteiger partial charge in [-0.25, -0.2) is 0 Å². The third-order valence-corrected chi connectivity index (χ3v) is 4.77. The van der Waals surface area contributed by atoms with Gasteiger partial charge in [0.15, 0.2) is 0 Å². The molecule has 108 valence electrons. The number of methoxy groups -OCH3 is 1. The molecular weight excluding hydrogens is 304 g/mol. The summed E-state index contributed by atoms with van der Waals surface area (Å²) < 4.78 is 10.5. The molecule has 1 aromatic rings. The number of rotatable bonds is 10. The Morgan fingerprint density at radius 1 is 1.11 bits per heavy atom. The van der Waals surface area contributed by atoms with Gasteiger partial charge in [-0.15, -0.1) is 0 Å². The fourth-order valence-corrected chi connectivity index (χ4v) is 3.31. The monoisotopic (exact) mass is 328 g/mol. The maximum atomic E-state index is 5.55. The topological polar surface area (TPSA) is 18.5 Å². The molecule has 0 radical (unpaired) electrons. The predicted octanol–water partition coefficient (Wildman–Crippen LogP) is 4.17. The molecule has 0 saturated heterocycles. The van der Waals surface area contributed by atoms with Crippen LogP contribution in [0.1, 0.15) is 31.7 Å². The molecule has 0 spiro atoms. The van der Waals surface area contributed by atoms with Crippen molar-refractivity contribution >= 4 is 15.9 Å². The van der Waals surface area contributed by atoms with E-state index in [0.29, 0.717) is 13.2 Å². The number of halogens is 1. The van der Waals surface area contributed by atoms with Crippen LogP contribution in [0.15, 0.2) is 30.3 Å². The highest BCUT2D eigenvalue weighted by Gasteiger charge is 2.28. The summed E-state index contributed by atoms with van der Waals surface area (Å²) in [6.45, 7) is 4.44. The summed E-state index contributed by atoms with van der Waals surface area (Å²) in [5, 5.41) is 0.999. The van der Waals surface area contributed by atoms with Gasteiger partial charge in [0, 0.05) is 24.5 Å². The van der Waals surface area contributed by atoms with E-state index in [-0.39, 0.29) is 5.41 Å². The largest absolute Gasteiger partial charge is 0.382 e. The molecule has 0 N–H and O–H groups in total. The summed E-state index contributed by atoms with van der Waals surface area (Å²) in [4.78, 5) is 0. The molecule has 0 bridgehead atoms. The SMILES string of the molecule is CCC(CBr)(CCCOCCOC)c1ccccc1. The van der Waals surface area contributed by atoms with Crippen LogP contribution in [0.4, 0.5) is 0 Å². The van der Waals surface area contributed by atoms with Crippen molar-refractivity contribution in [2.75, 3.05) is 32.3 Å². The van der Waals surface area contributed by atoms with Crippen molar-refractivity contribution < 1.29 is 9.47 Å². The predicted molar refractivity (Wildman–Crippen MR) is 84.1 cm³/mol. The molecule has 0 aliphatic heterocycles. The van der Waals surface area contributed by atoms with E-state index in [0.717, 1.165) is 31.2 Å². The Kier molecular flexibility index (Phi) is 8.35. The number of hydrogen-bond acceptors (Lipinski definition) is 2. The molecule has 2 nitrogen and oxygen atoms in total. The summed E-state index contributed by atoms with van der Waals surface area (Å²) in [6, 6.07) is 10.8. The zero-order valence-corrected chi connectivity index (χ0v) is 13.6. The molecule has 0 saturated carbocycles. The second-order valence-corrected chi connectivity index (χ2v) is 5.40. The lowest BCUT2D eigenvalue weighted by molar-refractivity contribution is 0.0666. The zero-order chi connectivity index (χ0) is 14.0. The summed E-state index contributed by atoms with van der Waals surface area (Å²) in [7, 11) is 1.70. The molecular formula is C16H25BrO2. The van der Waals surface area contributed by atoms with Crippen molar-refractivity contribution in [3.63, 3.8) is 0 Å². The van der Waals surface area contributed by atoms with Crippen molar-refractivity contribution in [1.29, 1.82) is 0 Å². The van der Waals surface area contributed by atoms with Crippen molar-refractivity contribution in [3.8, 4) is 0 Å². The van der Waals surface area contributed by atoms with Crippen LogP contribution < -0.4 is 0 Å². The first-order chi connectivity index (χ1) is 9.29. The molecule has 0 amide bonds. The Morgan fingerprint density at radius 2 is 1.84 bits per heavy atom. The third kappa shape index (κ3) is 5.25. The van der Waals surface area contributed by atoms with Gasteiger partial charge in [-0.05, 0) is 24.8 Å². The second kappa shape index (κ2) is 9.51. The molecule has 19 heavy (non-hydrogen) atoms. The Morgan fingerprint density at radius 3 is 2.42 bits per heavy atom. The van der Waals surface area contributed by atoms with Crippen LogP contribution in [-0.4, -0.2) is 32.3 Å². The van der Waals surface area contributed by atoms with Crippen LogP contribution in [0.3, 0.4) is 0 Å². The highest BCUT2D eigenvalue weighted by atomic mass is 79.9. The van der Waals surface area contributed by atoms with Crippen LogP contribution in [0, 0.1) is 0 Å². The van der Waals surface area contributed by atoms with E-state index >= 15 is 0 Å². The smallest absolute Gasteiger partial charge is 0.0700 e. The number of benzene rings is 1. The molecule has 1 atom stereocenters. The van der Waals surface area contributed by atoms with Gasteiger partial charge in [-0.3, -0.25) is 0 Å². The molecule has 0 aliphatic carbocycles. The van der Waals surface area contributed by atoms with Crippen LogP contribution >= 0.6 is 15.9 Å². The van der Waals surface area contributed by atoms with Gasteiger partial charge >= 0.3 is 0 Å². The summed E-state index contributed by atoms with van der Waals surface area (Å²) >= 11 is 3.70. The zero-order valence-electron chi connectivity index (χ0n) is 12.0. The highest BCUT2D eigenvalue weighted by molar-refractivity contribution is 9.09. The molecule has 3 heteroatoms. The van der Waals surface area contributed by atoms with E-state index in [4.69, 9.17) is 9.47 Å². The Hall–Kier alpha value is -0.380. The lowest BCUT2D eigenvalue weighted by Crippen LogP contribution is -2.27. The first kappa shape index (κ1) is 16.7. The molecule has 0 heterocycles. The minimum atomic E-state index is 0.228. The van der Waals surface area contributed by atoms with Gasteiger partial charge in [0.1, 0.15) is 0 Å². The molecule has 0 fully saturated rings. The number of ether oxygens (including phenoxy) is 2. The van der Waals surface area contributed by atoms with E-state index in [9.17, 15) is 0 Å². The first-order valence-electron chi connectivity index (χ1n) is 6.97. The van der Waals surface area contributed by atoms with Crippen LogP contribution in [-0.2, 0) is 14.9 Å². The van der Waals surface area contributed by atoms with Gasteiger partial charge in [-0.2, -0.15) is 0 Å². The van der Waals surface area contributed by atoms with Crippen molar-refractivity contribution in [2.45, 2.75) is 31.6 Å². The van der Waals surface area contributed by atoms with Crippen LogP contribution in [0.2, 0.25) is 0 Å². The van der Waals surface area contributed by atoms with Gasteiger partial charge in [0.05, 0.1) is 13.2 Å². The van der Waals surface area contributed by atoms with Crippen LogP contribution in [0.25, 0.3) is 0 Å². The lowest BCUT2D eigenvalue weighted by atomic mass is 9.76. The van der Waals surface area contributed by atoms with Gasteiger partial charge < -0.3 is 9.47 Å². The Balaban J connectivity index is 2.48. The second-order valence-electron chi connectivity index (χ2n) is 4.84. The summed E-state index contributed by atoms with van der Waals surface area (Å²) in [5.41, 5.74) is 1.65. The maximum absolute atomic E-state index is 5.55. The maximum Gasteiger partial charge on any atom is 0.0700 e. The van der Waals surface area contributed by atoms with Crippen LogP contribution in [0.5, 0.6) is 0 Å². The van der Waals surface area contributed by atoms with E-state index in [1.165, 1.54) is 5.56 Å². The van der Waals surface area contributed by atoms with Gasteiger partial charge in [0.25, 0.3) is 0 Å². The molecule has 0 aliphatic rings. The third-order valence-electron chi connectivity index (χ3n) is 3.69. The Bertz CT molecular complexity index is 323. The average molecular weight is 329 g/mol. The number of hydrogen-bond donors (Lipinski definition) is 0. The molecule has 0 aromatic heterocycles. The molecule has 1 unspecified atom stereocenters. The summed E-state index contributed by atoms with van der Waals surface area (Å²) in [6.07, 6.45) is 3.37. The van der Waals surface area contributed by atoms with E-state index in [1.807, 2.05) is 0 Å². The highest BCUT2D eigenvalue weighted by Crippen LogP contribution is 2.34. The molecule has 1 rings (SSSR count). The average Bonchev–Trinajstić information content (AvgIpc) is 2.48. The van der Waals surface area contributed by atoms with Crippen molar-refractivity contribution in [2.24, 2.45) is 0 Å². The normalized spacial score (nSPS) is 14.3. The van der Waals surface area contributed by atoms with Crippen molar-refractivity contribution in [3.05, 3.63) is 35.9 Å². The fraction of sp³-hybridized carbons (Fsp3) is 0.625. The Labute approximate surface area is 125 Å². The van der Waals surface area contributed by atoms with E-state index in [1.54, 1.807) is 7.11 Å². The van der Waals surface area contributed by atoms with Crippen molar-refractivity contribution in [1.82, 2.24) is 0 Å². The molecule has 1 aromatic carbocycles. The quantitative estimate of drug-likeness (QED) is 0.474. The van der Waals surface area contributed by atoms with E-state index in [2.05, 4.69) is 53.2 Å². The first-order valence-corrected chi connectivity index (χ1v) is 8.09.